The molecule has 3 rings (SSSR count). The molecular formula is C17H17NO2S. The van der Waals surface area contributed by atoms with Gasteiger partial charge in [0.1, 0.15) is 12.4 Å². The van der Waals surface area contributed by atoms with Gasteiger partial charge in [-0.1, -0.05) is 12.1 Å². The lowest BCUT2D eigenvalue weighted by atomic mass is 10.2. The highest BCUT2D eigenvalue weighted by atomic mass is 32.1. The van der Waals surface area contributed by atoms with Crippen LogP contribution in [0.1, 0.15) is 0 Å². The van der Waals surface area contributed by atoms with Gasteiger partial charge in [0.15, 0.2) is 5.43 Å². The van der Waals surface area contributed by atoms with Crippen molar-refractivity contribution in [2.45, 2.75) is 0 Å². The Morgan fingerprint density at radius 3 is 2.62 bits per heavy atom. The zero-order chi connectivity index (χ0) is 14.8. The molecule has 2 aromatic carbocycles. The third-order valence-electron chi connectivity index (χ3n) is 3.35. The average molecular weight is 299 g/mol. The van der Waals surface area contributed by atoms with Gasteiger partial charge in [-0.15, -0.1) is 11.3 Å². The van der Waals surface area contributed by atoms with E-state index >= 15 is 0 Å². The van der Waals surface area contributed by atoms with Crippen LogP contribution in [0.5, 0.6) is 5.75 Å². The molecule has 0 spiro atoms. The van der Waals surface area contributed by atoms with Crippen molar-refractivity contribution in [3.8, 4) is 5.75 Å². The summed E-state index contributed by atoms with van der Waals surface area (Å²) in [6.07, 6.45) is 0. The molecule has 1 heterocycles. The van der Waals surface area contributed by atoms with Crippen LogP contribution in [0.3, 0.4) is 0 Å². The summed E-state index contributed by atoms with van der Waals surface area (Å²) >= 11 is 1.64. The fourth-order valence-corrected chi connectivity index (χ4v) is 3.27. The van der Waals surface area contributed by atoms with E-state index in [4.69, 9.17) is 4.74 Å². The molecule has 0 aliphatic rings. The van der Waals surface area contributed by atoms with Gasteiger partial charge in [-0.05, 0) is 44.4 Å². The summed E-state index contributed by atoms with van der Waals surface area (Å²) in [4.78, 5) is 14.6. The maximum atomic E-state index is 12.6. The van der Waals surface area contributed by atoms with Gasteiger partial charge in [-0.25, -0.2) is 0 Å². The number of nitrogens with zero attached hydrogens (tertiary/aromatic N) is 1. The molecule has 0 aliphatic carbocycles. The van der Waals surface area contributed by atoms with Gasteiger partial charge in [0.05, 0.1) is 0 Å². The Hall–Kier alpha value is -1.91. The monoisotopic (exact) mass is 299 g/mol. The lowest BCUT2D eigenvalue weighted by Gasteiger charge is -2.11. The summed E-state index contributed by atoms with van der Waals surface area (Å²) in [5.74, 6) is 0.754. The Balaban J connectivity index is 2.02. The van der Waals surface area contributed by atoms with Crippen LogP contribution in [0.15, 0.2) is 47.3 Å². The highest BCUT2D eigenvalue weighted by Crippen LogP contribution is 2.27. The molecule has 0 atom stereocenters. The van der Waals surface area contributed by atoms with Gasteiger partial charge < -0.3 is 9.64 Å². The van der Waals surface area contributed by atoms with E-state index in [1.54, 1.807) is 11.3 Å². The van der Waals surface area contributed by atoms with Crippen LogP contribution in [0, 0.1) is 0 Å². The molecule has 0 amide bonds. The number of hydrogen-bond acceptors (Lipinski definition) is 4. The lowest BCUT2D eigenvalue weighted by molar-refractivity contribution is 0.261. The molecule has 0 bridgehead atoms. The molecule has 0 saturated heterocycles. The smallest absolute Gasteiger partial charge is 0.196 e. The van der Waals surface area contributed by atoms with E-state index in [1.165, 1.54) is 0 Å². The second kappa shape index (κ2) is 5.84. The standard InChI is InChI=1S/C17H17NO2S/c1-18(2)9-10-20-12-7-8-16-14(11-12)17(19)13-5-3-4-6-15(13)21-16/h3-8,11H,9-10H2,1-2H3. The second-order valence-electron chi connectivity index (χ2n) is 5.24. The Morgan fingerprint density at radius 1 is 1.05 bits per heavy atom. The molecule has 1 aromatic heterocycles. The highest BCUT2D eigenvalue weighted by molar-refractivity contribution is 7.24. The third-order valence-corrected chi connectivity index (χ3v) is 4.51. The van der Waals surface area contributed by atoms with Crippen LogP contribution < -0.4 is 10.2 Å². The van der Waals surface area contributed by atoms with Gasteiger partial charge in [-0.2, -0.15) is 0 Å². The zero-order valence-electron chi connectivity index (χ0n) is 12.1. The second-order valence-corrected chi connectivity index (χ2v) is 6.32. The van der Waals surface area contributed by atoms with Crippen molar-refractivity contribution < 1.29 is 4.74 Å². The first-order valence-corrected chi connectivity index (χ1v) is 7.70. The van der Waals surface area contributed by atoms with Crippen LogP contribution in [0.2, 0.25) is 0 Å². The minimum Gasteiger partial charge on any atom is -0.492 e. The van der Waals surface area contributed by atoms with Gasteiger partial charge in [-0.3, -0.25) is 4.79 Å². The van der Waals surface area contributed by atoms with Crippen molar-refractivity contribution in [3.63, 3.8) is 0 Å². The molecule has 0 aliphatic heterocycles. The fraction of sp³-hybridized carbons (Fsp3) is 0.235. The Labute approximate surface area is 127 Å². The SMILES string of the molecule is CN(C)CCOc1ccc2sc3ccccc3c(=O)c2c1. The summed E-state index contributed by atoms with van der Waals surface area (Å²) in [6.45, 7) is 1.46. The number of rotatable bonds is 4. The van der Waals surface area contributed by atoms with E-state index in [1.807, 2.05) is 56.6 Å². The van der Waals surface area contributed by atoms with E-state index in [0.29, 0.717) is 6.61 Å². The van der Waals surface area contributed by atoms with Crippen LogP contribution in [-0.2, 0) is 0 Å². The zero-order valence-corrected chi connectivity index (χ0v) is 12.9. The molecule has 3 nitrogen and oxygen atoms in total. The fourth-order valence-electron chi connectivity index (χ4n) is 2.22. The average Bonchev–Trinajstić information content (AvgIpc) is 2.48. The van der Waals surface area contributed by atoms with Gasteiger partial charge >= 0.3 is 0 Å². The van der Waals surface area contributed by atoms with Crippen LogP contribution in [0.25, 0.3) is 20.2 Å². The predicted octanol–water partition coefficient (Wildman–Crippen LogP) is 3.36. The third kappa shape index (κ3) is 2.91. The number of fused-ring (bicyclic) bond motifs is 2. The number of likely N-dealkylation sites (N-methyl/N-ethyl adjacent to an activating group) is 1. The topological polar surface area (TPSA) is 29.5 Å². The lowest BCUT2D eigenvalue weighted by Crippen LogP contribution is -2.19. The summed E-state index contributed by atoms with van der Waals surface area (Å²) in [6, 6.07) is 13.5. The maximum Gasteiger partial charge on any atom is 0.196 e. The molecule has 0 fully saturated rings. The van der Waals surface area contributed by atoms with Crippen molar-refractivity contribution in [1.82, 2.24) is 4.90 Å². The number of ether oxygens (including phenoxy) is 1. The van der Waals surface area contributed by atoms with Gasteiger partial charge in [0.25, 0.3) is 0 Å². The summed E-state index contributed by atoms with van der Waals surface area (Å²) < 4.78 is 7.74. The van der Waals surface area contributed by atoms with Crippen molar-refractivity contribution in [1.29, 1.82) is 0 Å². The Bertz CT molecular complexity index is 839. The summed E-state index contributed by atoms with van der Waals surface area (Å²) in [7, 11) is 4.01. The molecule has 108 valence electrons. The normalized spacial score (nSPS) is 11.4. The minimum atomic E-state index is 0.0809. The van der Waals surface area contributed by atoms with Crippen LogP contribution in [0.4, 0.5) is 0 Å². The number of hydrogen-bond donors (Lipinski definition) is 0. The van der Waals surface area contributed by atoms with Gasteiger partial charge in [0, 0.05) is 26.7 Å². The van der Waals surface area contributed by atoms with Crippen molar-refractivity contribution in [3.05, 3.63) is 52.7 Å². The molecule has 4 heteroatoms. The van der Waals surface area contributed by atoms with Crippen LogP contribution >= 0.6 is 11.3 Å². The Kier molecular flexibility index (Phi) is 3.90. The van der Waals surface area contributed by atoms with Gasteiger partial charge in [0.2, 0.25) is 0 Å². The first kappa shape index (κ1) is 14.0. The van der Waals surface area contributed by atoms with E-state index in [0.717, 1.165) is 32.5 Å². The maximum absolute atomic E-state index is 12.6. The quantitative estimate of drug-likeness (QED) is 0.692. The first-order chi connectivity index (χ1) is 10.1. The molecule has 0 radical (unpaired) electrons. The molecule has 0 saturated carbocycles. The van der Waals surface area contributed by atoms with Crippen molar-refractivity contribution in [2.24, 2.45) is 0 Å². The van der Waals surface area contributed by atoms with Crippen molar-refractivity contribution >= 4 is 31.5 Å². The molecular weight excluding hydrogens is 282 g/mol. The minimum absolute atomic E-state index is 0.0809. The highest BCUT2D eigenvalue weighted by Gasteiger charge is 2.07. The van der Waals surface area contributed by atoms with E-state index < -0.39 is 0 Å². The predicted molar refractivity (Wildman–Crippen MR) is 89.7 cm³/mol. The first-order valence-electron chi connectivity index (χ1n) is 6.88. The number of benzene rings is 2. The summed E-state index contributed by atoms with van der Waals surface area (Å²) in [5.41, 5.74) is 0.0809. The van der Waals surface area contributed by atoms with Crippen molar-refractivity contribution in [2.75, 3.05) is 27.2 Å². The van der Waals surface area contributed by atoms with Crippen LogP contribution in [-0.4, -0.2) is 32.1 Å². The summed E-state index contributed by atoms with van der Waals surface area (Å²) in [5, 5.41) is 1.52. The Morgan fingerprint density at radius 2 is 1.81 bits per heavy atom. The van der Waals surface area contributed by atoms with E-state index in [-0.39, 0.29) is 5.43 Å². The molecule has 3 aromatic rings. The molecule has 21 heavy (non-hydrogen) atoms. The molecule has 0 unspecified atom stereocenters. The van der Waals surface area contributed by atoms with E-state index in [2.05, 4.69) is 4.90 Å². The van der Waals surface area contributed by atoms with E-state index in [9.17, 15) is 4.79 Å². The molecule has 0 N–H and O–H groups in total. The largest absolute Gasteiger partial charge is 0.492 e.